The number of nitrogens with one attached hydrogen (secondary N) is 2. The largest absolute Gasteiger partial charge is 0.496 e. The summed E-state index contributed by atoms with van der Waals surface area (Å²) in [5, 5.41) is 5.55. The summed E-state index contributed by atoms with van der Waals surface area (Å²) < 4.78 is 38.0. The highest BCUT2D eigenvalue weighted by Gasteiger charge is 2.28. The maximum absolute atomic E-state index is 13.2. The van der Waals surface area contributed by atoms with Crippen LogP contribution in [0.25, 0.3) is 0 Å². The molecule has 10 heteroatoms. The highest BCUT2D eigenvalue weighted by Crippen LogP contribution is 2.28. The Morgan fingerprint density at radius 2 is 1.46 bits per heavy atom. The van der Waals surface area contributed by atoms with Gasteiger partial charge in [-0.1, -0.05) is 30.3 Å². The van der Waals surface area contributed by atoms with Gasteiger partial charge in [0.25, 0.3) is 11.8 Å². The number of amides is 2. The van der Waals surface area contributed by atoms with Gasteiger partial charge in [-0.3, -0.25) is 9.59 Å². The molecule has 0 radical (unpaired) electrons. The van der Waals surface area contributed by atoms with Crippen molar-refractivity contribution in [1.82, 2.24) is 4.31 Å². The predicted octanol–water partition coefficient (Wildman–Crippen LogP) is 3.22. The van der Waals surface area contributed by atoms with Crippen LogP contribution < -0.4 is 15.4 Å². The molecule has 0 aliphatic carbocycles. The molecule has 0 bridgehead atoms. The van der Waals surface area contributed by atoms with E-state index in [9.17, 15) is 18.0 Å². The van der Waals surface area contributed by atoms with E-state index in [1.807, 2.05) is 6.07 Å². The number of rotatable bonds is 7. The number of ether oxygens (including phenoxy) is 2. The third kappa shape index (κ3) is 5.51. The van der Waals surface area contributed by atoms with E-state index >= 15 is 0 Å². The average molecular weight is 496 g/mol. The van der Waals surface area contributed by atoms with Crippen molar-refractivity contribution in [3.05, 3.63) is 83.9 Å². The number of hydrogen-bond donors (Lipinski definition) is 2. The van der Waals surface area contributed by atoms with Crippen LogP contribution in [0, 0.1) is 0 Å². The minimum atomic E-state index is -3.81. The standard InChI is InChI=1S/C25H25N3O6S/c1-33-23-12-11-19(35(31,32)28-13-15-34-16-14-28)17-20(23)25(30)27-22-10-6-5-9-21(22)26-24(29)18-7-3-2-4-8-18/h2-12,17H,13-16H2,1H3,(H,26,29)(H,27,30). The van der Waals surface area contributed by atoms with Gasteiger partial charge in [-0.15, -0.1) is 0 Å². The normalized spacial score (nSPS) is 14.2. The van der Waals surface area contributed by atoms with Gasteiger partial charge in [0.1, 0.15) is 5.75 Å². The fourth-order valence-corrected chi connectivity index (χ4v) is 5.07. The van der Waals surface area contributed by atoms with Crippen LogP contribution in [0.1, 0.15) is 20.7 Å². The molecule has 0 atom stereocenters. The van der Waals surface area contributed by atoms with Gasteiger partial charge >= 0.3 is 0 Å². The first kappa shape index (κ1) is 24.4. The summed E-state index contributed by atoms with van der Waals surface area (Å²) in [7, 11) is -2.41. The molecule has 9 nitrogen and oxygen atoms in total. The van der Waals surface area contributed by atoms with Crippen LogP contribution in [0.2, 0.25) is 0 Å². The molecule has 0 aromatic heterocycles. The first-order chi connectivity index (χ1) is 16.9. The molecule has 0 unspecified atom stereocenters. The Balaban J connectivity index is 1.59. The lowest BCUT2D eigenvalue weighted by molar-refractivity contribution is 0.0730. The molecule has 3 aromatic carbocycles. The van der Waals surface area contributed by atoms with E-state index in [1.165, 1.54) is 29.6 Å². The number of para-hydroxylation sites is 2. The SMILES string of the molecule is COc1ccc(S(=O)(=O)N2CCOCC2)cc1C(=O)Nc1ccccc1NC(=O)c1ccccc1. The van der Waals surface area contributed by atoms with Crippen molar-refractivity contribution in [2.45, 2.75) is 4.90 Å². The third-order valence-electron chi connectivity index (χ3n) is 5.48. The summed E-state index contributed by atoms with van der Waals surface area (Å²) in [4.78, 5) is 25.8. The van der Waals surface area contributed by atoms with Crippen molar-refractivity contribution >= 4 is 33.2 Å². The zero-order valence-corrected chi connectivity index (χ0v) is 19.9. The topological polar surface area (TPSA) is 114 Å². The number of hydrogen-bond acceptors (Lipinski definition) is 6. The first-order valence-electron chi connectivity index (χ1n) is 10.9. The maximum atomic E-state index is 13.2. The van der Waals surface area contributed by atoms with Crippen LogP contribution in [0.3, 0.4) is 0 Å². The van der Waals surface area contributed by atoms with Crippen LogP contribution >= 0.6 is 0 Å². The summed E-state index contributed by atoms with van der Waals surface area (Å²) >= 11 is 0. The zero-order valence-electron chi connectivity index (χ0n) is 19.1. The number of sulfonamides is 1. The Labute approximate surface area is 203 Å². The van der Waals surface area contributed by atoms with Gasteiger partial charge in [-0.2, -0.15) is 4.31 Å². The van der Waals surface area contributed by atoms with Crippen molar-refractivity contribution in [3.63, 3.8) is 0 Å². The Hall–Kier alpha value is -3.73. The van der Waals surface area contributed by atoms with Crippen LogP contribution in [0.4, 0.5) is 11.4 Å². The van der Waals surface area contributed by atoms with E-state index in [0.29, 0.717) is 30.2 Å². The first-order valence-corrected chi connectivity index (χ1v) is 12.4. The molecule has 3 aromatic rings. The van der Waals surface area contributed by atoms with Crippen molar-refractivity contribution in [2.24, 2.45) is 0 Å². The van der Waals surface area contributed by atoms with Crippen LogP contribution in [-0.2, 0) is 14.8 Å². The quantitative estimate of drug-likeness (QED) is 0.520. The van der Waals surface area contributed by atoms with Crippen LogP contribution in [0.15, 0.2) is 77.7 Å². The number of morpholine rings is 1. The Morgan fingerprint density at radius 1 is 0.857 bits per heavy atom. The Morgan fingerprint density at radius 3 is 2.09 bits per heavy atom. The zero-order chi connectivity index (χ0) is 24.8. The molecule has 2 N–H and O–H groups in total. The minimum Gasteiger partial charge on any atom is -0.496 e. The number of nitrogens with zero attached hydrogens (tertiary/aromatic N) is 1. The minimum absolute atomic E-state index is 0.0176. The fourth-order valence-electron chi connectivity index (χ4n) is 3.64. The molecule has 1 heterocycles. The van der Waals surface area contributed by atoms with Gasteiger partial charge < -0.3 is 20.1 Å². The lowest BCUT2D eigenvalue weighted by Crippen LogP contribution is -2.40. The molecule has 35 heavy (non-hydrogen) atoms. The molecular formula is C25H25N3O6S. The number of anilines is 2. The van der Waals surface area contributed by atoms with Crippen molar-refractivity contribution < 1.29 is 27.5 Å². The highest BCUT2D eigenvalue weighted by atomic mass is 32.2. The monoisotopic (exact) mass is 495 g/mol. The fraction of sp³-hybridized carbons (Fsp3) is 0.200. The average Bonchev–Trinajstić information content (AvgIpc) is 2.90. The molecule has 0 spiro atoms. The highest BCUT2D eigenvalue weighted by molar-refractivity contribution is 7.89. The predicted molar refractivity (Wildman–Crippen MR) is 131 cm³/mol. The number of carbonyl (C=O) groups excluding carboxylic acids is 2. The molecule has 4 rings (SSSR count). The molecular weight excluding hydrogens is 470 g/mol. The second-order valence-electron chi connectivity index (χ2n) is 7.70. The summed E-state index contributed by atoms with van der Waals surface area (Å²) in [6, 6.07) is 19.6. The van der Waals surface area contributed by atoms with Crippen molar-refractivity contribution in [1.29, 1.82) is 0 Å². The molecule has 1 fully saturated rings. The third-order valence-corrected chi connectivity index (χ3v) is 7.38. The smallest absolute Gasteiger partial charge is 0.259 e. The van der Waals surface area contributed by atoms with Crippen LogP contribution in [-0.4, -0.2) is 58.0 Å². The van der Waals surface area contributed by atoms with Crippen LogP contribution in [0.5, 0.6) is 5.75 Å². The van der Waals surface area contributed by atoms with Gasteiger partial charge in [-0.25, -0.2) is 8.42 Å². The lowest BCUT2D eigenvalue weighted by Gasteiger charge is -2.26. The van der Waals surface area contributed by atoms with E-state index in [1.54, 1.807) is 48.5 Å². The Kier molecular flexibility index (Phi) is 7.45. The maximum Gasteiger partial charge on any atom is 0.259 e. The lowest BCUT2D eigenvalue weighted by atomic mass is 10.1. The Bertz CT molecular complexity index is 1320. The van der Waals surface area contributed by atoms with E-state index in [4.69, 9.17) is 9.47 Å². The number of methoxy groups -OCH3 is 1. The van der Waals surface area contributed by atoms with Crippen molar-refractivity contribution in [3.8, 4) is 5.75 Å². The number of carbonyl (C=O) groups is 2. The summed E-state index contributed by atoms with van der Waals surface area (Å²) in [5.74, 6) is -0.694. The van der Waals surface area contributed by atoms with E-state index in [2.05, 4.69) is 10.6 Å². The van der Waals surface area contributed by atoms with Gasteiger partial charge in [0.15, 0.2) is 0 Å². The number of benzene rings is 3. The molecule has 0 saturated carbocycles. The van der Waals surface area contributed by atoms with Gasteiger partial charge in [-0.05, 0) is 42.5 Å². The van der Waals surface area contributed by atoms with Crippen molar-refractivity contribution in [2.75, 3.05) is 44.0 Å². The van der Waals surface area contributed by atoms with E-state index < -0.39 is 15.9 Å². The summed E-state index contributed by atoms with van der Waals surface area (Å²) in [6.07, 6.45) is 0. The second-order valence-corrected chi connectivity index (χ2v) is 9.64. The summed E-state index contributed by atoms with van der Waals surface area (Å²) in [5.41, 5.74) is 1.26. The van der Waals surface area contributed by atoms with E-state index in [-0.39, 0.29) is 35.2 Å². The molecule has 2 amide bonds. The van der Waals surface area contributed by atoms with Gasteiger partial charge in [0.05, 0.1) is 42.2 Å². The van der Waals surface area contributed by atoms with E-state index in [0.717, 1.165) is 0 Å². The van der Waals surface area contributed by atoms with Gasteiger partial charge in [0.2, 0.25) is 10.0 Å². The molecule has 182 valence electrons. The second kappa shape index (κ2) is 10.7. The van der Waals surface area contributed by atoms with Gasteiger partial charge in [0, 0.05) is 18.7 Å². The molecule has 1 aliphatic rings. The molecule has 1 aliphatic heterocycles. The molecule has 1 saturated heterocycles. The summed E-state index contributed by atoms with van der Waals surface area (Å²) in [6.45, 7) is 1.11.